The smallest absolute Gasteiger partial charge is 0.222 e. The quantitative estimate of drug-likeness (QED) is 0.689. The summed E-state index contributed by atoms with van der Waals surface area (Å²) < 4.78 is 0. The number of hydrogen-bond acceptors (Lipinski definition) is 3. The molecule has 4 heteroatoms. The molecule has 0 fully saturated rings. The molecule has 0 atom stereocenters. The van der Waals surface area contributed by atoms with Crippen molar-refractivity contribution in [3.8, 4) is 0 Å². The van der Waals surface area contributed by atoms with E-state index in [1.807, 2.05) is 13.1 Å². The Kier molecular flexibility index (Phi) is 2.63. The van der Waals surface area contributed by atoms with Crippen molar-refractivity contribution in [3.63, 3.8) is 0 Å². The van der Waals surface area contributed by atoms with E-state index in [2.05, 4.69) is 15.6 Å². The van der Waals surface area contributed by atoms with Crippen molar-refractivity contribution >= 4 is 17.4 Å². The molecule has 0 aliphatic rings. The molecule has 0 aliphatic heterocycles. The molecular formula is C8H11N3O. The van der Waals surface area contributed by atoms with Gasteiger partial charge in [0.1, 0.15) is 5.82 Å². The van der Waals surface area contributed by atoms with Crippen molar-refractivity contribution in [1.29, 1.82) is 0 Å². The van der Waals surface area contributed by atoms with E-state index in [0.717, 1.165) is 5.69 Å². The van der Waals surface area contributed by atoms with Gasteiger partial charge in [-0.25, -0.2) is 4.98 Å². The number of pyridine rings is 1. The number of hydrogen-bond donors (Lipinski definition) is 2. The van der Waals surface area contributed by atoms with Crippen LogP contribution in [0.4, 0.5) is 11.5 Å². The van der Waals surface area contributed by atoms with Gasteiger partial charge in [-0.3, -0.25) is 4.79 Å². The zero-order chi connectivity index (χ0) is 8.97. The molecule has 0 aromatic carbocycles. The van der Waals surface area contributed by atoms with Crippen molar-refractivity contribution in [2.45, 2.75) is 6.92 Å². The summed E-state index contributed by atoms with van der Waals surface area (Å²) in [5, 5.41) is 5.51. The van der Waals surface area contributed by atoms with Gasteiger partial charge >= 0.3 is 0 Å². The summed E-state index contributed by atoms with van der Waals surface area (Å²) in [5.74, 6) is 0.459. The number of nitrogens with one attached hydrogen (secondary N) is 2. The van der Waals surface area contributed by atoms with E-state index in [1.54, 1.807) is 12.3 Å². The van der Waals surface area contributed by atoms with Crippen LogP contribution in [0.25, 0.3) is 0 Å². The second-order valence-corrected chi connectivity index (χ2v) is 2.36. The van der Waals surface area contributed by atoms with Crippen LogP contribution in [0, 0.1) is 0 Å². The van der Waals surface area contributed by atoms with Gasteiger partial charge in [-0.1, -0.05) is 0 Å². The number of carbonyl (C=O) groups is 1. The van der Waals surface area contributed by atoms with Gasteiger partial charge in [0.05, 0.1) is 11.9 Å². The minimum atomic E-state index is -0.111. The standard InChI is InChI=1S/C8H11N3O/c1-6(12)11-8-4-3-7(9-2)5-10-8/h3-5,9H,1-2H3,(H,10,11,12). The number of aromatic nitrogens is 1. The maximum atomic E-state index is 10.6. The molecule has 0 bridgehead atoms. The molecule has 1 aromatic rings. The third-order valence-electron chi connectivity index (χ3n) is 1.36. The molecule has 1 heterocycles. The van der Waals surface area contributed by atoms with E-state index in [-0.39, 0.29) is 5.91 Å². The maximum absolute atomic E-state index is 10.6. The first-order chi connectivity index (χ1) is 5.72. The number of amides is 1. The summed E-state index contributed by atoms with van der Waals surface area (Å²) in [5.41, 5.74) is 0.920. The fourth-order valence-electron chi connectivity index (χ4n) is 0.796. The number of anilines is 2. The van der Waals surface area contributed by atoms with E-state index in [1.165, 1.54) is 6.92 Å². The van der Waals surface area contributed by atoms with Gasteiger partial charge in [-0.05, 0) is 12.1 Å². The van der Waals surface area contributed by atoms with Crippen LogP contribution >= 0.6 is 0 Å². The van der Waals surface area contributed by atoms with Crippen LogP contribution in [0.1, 0.15) is 6.92 Å². The third kappa shape index (κ3) is 2.23. The Morgan fingerprint density at radius 1 is 1.50 bits per heavy atom. The number of carbonyl (C=O) groups excluding carboxylic acids is 1. The van der Waals surface area contributed by atoms with Crippen LogP contribution in [0.5, 0.6) is 0 Å². The Labute approximate surface area is 71.0 Å². The second kappa shape index (κ2) is 3.71. The third-order valence-corrected chi connectivity index (χ3v) is 1.36. The molecule has 0 aliphatic carbocycles. The molecule has 1 amide bonds. The maximum Gasteiger partial charge on any atom is 0.222 e. The summed E-state index contributed by atoms with van der Waals surface area (Å²) in [6.45, 7) is 1.45. The predicted octanol–water partition coefficient (Wildman–Crippen LogP) is 1.08. The zero-order valence-corrected chi connectivity index (χ0v) is 7.09. The van der Waals surface area contributed by atoms with Gasteiger partial charge < -0.3 is 10.6 Å². The Morgan fingerprint density at radius 2 is 2.25 bits per heavy atom. The minimum absolute atomic E-state index is 0.111. The highest BCUT2D eigenvalue weighted by Gasteiger charge is 1.95. The van der Waals surface area contributed by atoms with Crippen LogP contribution in [0.3, 0.4) is 0 Å². The van der Waals surface area contributed by atoms with Gasteiger partial charge in [0.15, 0.2) is 0 Å². The van der Waals surface area contributed by atoms with Crippen LogP contribution in [-0.4, -0.2) is 17.9 Å². The molecule has 0 unspecified atom stereocenters. The lowest BCUT2D eigenvalue weighted by Crippen LogP contribution is -2.07. The molecule has 0 saturated heterocycles. The second-order valence-electron chi connectivity index (χ2n) is 2.36. The molecule has 0 saturated carbocycles. The molecule has 1 aromatic heterocycles. The fraction of sp³-hybridized carbons (Fsp3) is 0.250. The first kappa shape index (κ1) is 8.52. The molecule has 2 N–H and O–H groups in total. The van der Waals surface area contributed by atoms with Gasteiger partial charge in [0, 0.05) is 14.0 Å². The summed E-state index contributed by atoms with van der Waals surface area (Å²) in [6, 6.07) is 3.59. The first-order valence-corrected chi connectivity index (χ1v) is 3.64. The summed E-state index contributed by atoms with van der Waals surface area (Å²) >= 11 is 0. The number of nitrogens with zero attached hydrogens (tertiary/aromatic N) is 1. The van der Waals surface area contributed by atoms with Crippen LogP contribution in [0.15, 0.2) is 18.3 Å². The average molecular weight is 165 g/mol. The highest BCUT2D eigenvalue weighted by atomic mass is 16.1. The topological polar surface area (TPSA) is 54.0 Å². The normalized spacial score (nSPS) is 9.17. The van der Waals surface area contributed by atoms with Crippen molar-refractivity contribution < 1.29 is 4.79 Å². The summed E-state index contributed by atoms with van der Waals surface area (Å²) in [4.78, 5) is 14.6. The van der Waals surface area contributed by atoms with Gasteiger partial charge in [0.2, 0.25) is 5.91 Å². The van der Waals surface area contributed by atoms with Crippen molar-refractivity contribution in [1.82, 2.24) is 4.98 Å². The largest absolute Gasteiger partial charge is 0.387 e. The highest BCUT2D eigenvalue weighted by Crippen LogP contribution is 2.07. The monoisotopic (exact) mass is 165 g/mol. The molecular weight excluding hydrogens is 154 g/mol. The van der Waals surface area contributed by atoms with Crippen LogP contribution in [-0.2, 0) is 4.79 Å². The van der Waals surface area contributed by atoms with Crippen molar-refractivity contribution in [3.05, 3.63) is 18.3 Å². The van der Waals surface area contributed by atoms with Crippen molar-refractivity contribution in [2.75, 3.05) is 17.7 Å². The lowest BCUT2D eigenvalue weighted by atomic mass is 10.4. The summed E-state index contributed by atoms with van der Waals surface area (Å²) in [7, 11) is 1.81. The number of rotatable bonds is 2. The highest BCUT2D eigenvalue weighted by molar-refractivity contribution is 5.87. The summed E-state index contributed by atoms with van der Waals surface area (Å²) in [6.07, 6.45) is 1.66. The lowest BCUT2D eigenvalue weighted by Gasteiger charge is -2.01. The van der Waals surface area contributed by atoms with E-state index in [0.29, 0.717) is 5.82 Å². The van der Waals surface area contributed by atoms with E-state index < -0.39 is 0 Å². The first-order valence-electron chi connectivity index (χ1n) is 3.64. The molecule has 12 heavy (non-hydrogen) atoms. The zero-order valence-electron chi connectivity index (χ0n) is 7.09. The molecule has 4 nitrogen and oxygen atoms in total. The lowest BCUT2D eigenvalue weighted by molar-refractivity contribution is -0.114. The molecule has 1 rings (SSSR count). The molecule has 0 spiro atoms. The van der Waals surface area contributed by atoms with Gasteiger partial charge in [-0.15, -0.1) is 0 Å². The van der Waals surface area contributed by atoms with E-state index in [4.69, 9.17) is 0 Å². The SMILES string of the molecule is CNc1ccc(NC(C)=O)nc1. The molecule has 64 valence electrons. The average Bonchev–Trinajstić information content (AvgIpc) is 2.05. The van der Waals surface area contributed by atoms with Gasteiger partial charge in [-0.2, -0.15) is 0 Å². The van der Waals surface area contributed by atoms with Gasteiger partial charge in [0.25, 0.3) is 0 Å². The minimum Gasteiger partial charge on any atom is -0.387 e. The predicted molar refractivity (Wildman–Crippen MR) is 48.1 cm³/mol. The van der Waals surface area contributed by atoms with Crippen molar-refractivity contribution in [2.24, 2.45) is 0 Å². The van der Waals surface area contributed by atoms with Crippen LogP contribution < -0.4 is 10.6 Å². The van der Waals surface area contributed by atoms with Crippen LogP contribution in [0.2, 0.25) is 0 Å². The fourth-order valence-corrected chi connectivity index (χ4v) is 0.796. The Balaban J connectivity index is 2.71. The Hall–Kier alpha value is -1.58. The van der Waals surface area contributed by atoms with E-state index >= 15 is 0 Å². The van der Waals surface area contributed by atoms with E-state index in [9.17, 15) is 4.79 Å². The Morgan fingerprint density at radius 3 is 2.67 bits per heavy atom. The molecule has 0 radical (unpaired) electrons. The Bertz CT molecular complexity index is 268.